The van der Waals surface area contributed by atoms with Gasteiger partial charge in [-0.3, -0.25) is 0 Å². The maximum absolute atomic E-state index is 11.9. The van der Waals surface area contributed by atoms with Crippen molar-refractivity contribution in [1.82, 2.24) is 9.71 Å². The smallest absolute Gasteiger partial charge is 0.373 e. The zero-order chi connectivity index (χ0) is 13.1. The number of anilines is 1. The van der Waals surface area contributed by atoms with E-state index in [2.05, 4.69) is 10.3 Å². The summed E-state index contributed by atoms with van der Waals surface area (Å²) in [7, 11) is -2.60. The van der Waals surface area contributed by atoms with Crippen molar-refractivity contribution in [2.24, 2.45) is 0 Å². The average molecular weight is 269 g/mol. The van der Waals surface area contributed by atoms with Crippen LogP contribution in [-0.4, -0.2) is 33.2 Å². The average Bonchev–Trinajstić information content (AvgIpc) is 2.26. The van der Waals surface area contributed by atoms with Gasteiger partial charge in [-0.05, 0) is 12.1 Å². The van der Waals surface area contributed by atoms with Crippen molar-refractivity contribution >= 4 is 15.8 Å². The standard InChI is InChI=1S/C8H10F3N3O2S/c1-12-7-3-2-6(4-13-7)17(15,16)14-5-8(9,10)11/h2-4,14H,5H2,1H3,(H,12,13). The second-order valence-electron chi connectivity index (χ2n) is 3.07. The fraction of sp³-hybridized carbons (Fsp3) is 0.375. The molecule has 0 spiro atoms. The molecule has 2 N–H and O–H groups in total. The zero-order valence-electron chi connectivity index (χ0n) is 8.75. The number of hydrogen-bond donors (Lipinski definition) is 2. The first-order valence-corrected chi connectivity index (χ1v) is 5.93. The van der Waals surface area contributed by atoms with Crippen molar-refractivity contribution in [3.63, 3.8) is 0 Å². The van der Waals surface area contributed by atoms with E-state index in [0.29, 0.717) is 5.82 Å². The maximum atomic E-state index is 11.9. The first kappa shape index (κ1) is 13.7. The Balaban J connectivity index is 2.82. The Hall–Kier alpha value is -1.35. The summed E-state index contributed by atoms with van der Waals surface area (Å²) in [5, 5.41) is 2.66. The van der Waals surface area contributed by atoms with Gasteiger partial charge in [-0.15, -0.1) is 0 Å². The molecular formula is C8H10F3N3O2S. The predicted octanol–water partition coefficient (Wildman–Crippen LogP) is 0.964. The normalized spacial score (nSPS) is 12.5. The van der Waals surface area contributed by atoms with E-state index in [1.54, 1.807) is 7.05 Å². The van der Waals surface area contributed by atoms with Crippen molar-refractivity contribution in [1.29, 1.82) is 0 Å². The van der Waals surface area contributed by atoms with Crippen LogP contribution in [0.15, 0.2) is 23.2 Å². The molecule has 96 valence electrons. The molecule has 0 saturated heterocycles. The molecule has 5 nitrogen and oxygen atoms in total. The van der Waals surface area contributed by atoms with Crippen LogP contribution in [0.25, 0.3) is 0 Å². The van der Waals surface area contributed by atoms with Crippen LogP contribution in [0.5, 0.6) is 0 Å². The number of sulfonamides is 1. The molecule has 0 aliphatic carbocycles. The lowest BCUT2D eigenvalue weighted by Gasteiger charge is -2.09. The van der Waals surface area contributed by atoms with Gasteiger partial charge >= 0.3 is 6.18 Å². The van der Waals surface area contributed by atoms with Crippen LogP contribution in [0.4, 0.5) is 19.0 Å². The minimum atomic E-state index is -4.59. The monoisotopic (exact) mass is 269 g/mol. The van der Waals surface area contributed by atoms with E-state index < -0.39 is 22.7 Å². The minimum absolute atomic E-state index is 0.319. The van der Waals surface area contributed by atoms with Crippen molar-refractivity contribution in [3.8, 4) is 0 Å². The van der Waals surface area contributed by atoms with Gasteiger partial charge in [-0.2, -0.15) is 13.2 Å². The van der Waals surface area contributed by atoms with Crippen molar-refractivity contribution < 1.29 is 21.6 Å². The van der Waals surface area contributed by atoms with Gasteiger partial charge in [0.1, 0.15) is 17.3 Å². The lowest BCUT2D eigenvalue weighted by atomic mass is 10.5. The molecule has 1 heterocycles. The minimum Gasteiger partial charge on any atom is -0.373 e. The molecule has 0 saturated carbocycles. The number of pyridine rings is 1. The summed E-state index contributed by atoms with van der Waals surface area (Å²) in [6, 6.07) is 2.51. The Morgan fingerprint density at radius 1 is 1.35 bits per heavy atom. The van der Waals surface area contributed by atoms with E-state index in [0.717, 1.165) is 12.3 Å². The summed E-state index contributed by atoms with van der Waals surface area (Å²) in [4.78, 5) is 3.38. The molecule has 0 aliphatic rings. The molecule has 9 heteroatoms. The Kier molecular flexibility index (Phi) is 3.94. The van der Waals surface area contributed by atoms with Crippen LogP contribution in [0, 0.1) is 0 Å². The van der Waals surface area contributed by atoms with Crippen molar-refractivity contribution in [2.45, 2.75) is 11.1 Å². The van der Waals surface area contributed by atoms with Crippen LogP contribution in [0.3, 0.4) is 0 Å². The highest BCUT2D eigenvalue weighted by molar-refractivity contribution is 7.89. The third-order valence-corrected chi connectivity index (χ3v) is 3.15. The molecule has 0 atom stereocenters. The number of nitrogens with one attached hydrogen (secondary N) is 2. The molecule has 1 aromatic heterocycles. The summed E-state index contributed by atoms with van der Waals surface area (Å²) in [5.41, 5.74) is 0. The topological polar surface area (TPSA) is 71.1 Å². The zero-order valence-corrected chi connectivity index (χ0v) is 9.56. The molecule has 0 unspecified atom stereocenters. The molecule has 0 fully saturated rings. The SMILES string of the molecule is CNc1ccc(S(=O)(=O)NCC(F)(F)F)cn1. The van der Waals surface area contributed by atoms with E-state index >= 15 is 0 Å². The van der Waals surface area contributed by atoms with E-state index in [1.807, 2.05) is 0 Å². The van der Waals surface area contributed by atoms with Crippen molar-refractivity contribution in [2.75, 3.05) is 18.9 Å². The van der Waals surface area contributed by atoms with Crippen LogP contribution < -0.4 is 10.0 Å². The Bertz CT molecular complexity index is 470. The molecule has 0 radical (unpaired) electrons. The molecule has 0 bridgehead atoms. The summed E-state index contributed by atoms with van der Waals surface area (Å²) < 4.78 is 59.9. The molecule has 0 aliphatic heterocycles. The van der Waals surface area contributed by atoms with E-state index in [-0.39, 0.29) is 4.90 Å². The van der Waals surface area contributed by atoms with Crippen molar-refractivity contribution in [3.05, 3.63) is 18.3 Å². The summed E-state index contributed by atoms with van der Waals surface area (Å²) in [5.74, 6) is 0.416. The highest BCUT2D eigenvalue weighted by atomic mass is 32.2. The Labute approximate surface area is 96.1 Å². The Morgan fingerprint density at radius 3 is 2.41 bits per heavy atom. The van der Waals surface area contributed by atoms with Crippen LogP contribution in [0.1, 0.15) is 0 Å². The third-order valence-electron chi connectivity index (χ3n) is 1.77. The van der Waals surface area contributed by atoms with Gasteiger partial charge in [0.05, 0.1) is 0 Å². The van der Waals surface area contributed by atoms with E-state index in [9.17, 15) is 21.6 Å². The summed E-state index contributed by atoms with van der Waals surface area (Å²) in [6.07, 6.45) is -3.62. The van der Waals surface area contributed by atoms with E-state index in [4.69, 9.17) is 0 Å². The van der Waals surface area contributed by atoms with Gasteiger partial charge in [0.2, 0.25) is 10.0 Å². The number of aromatic nitrogens is 1. The highest BCUT2D eigenvalue weighted by Gasteiger charge is 2.30. The lowest BCUT2D eigenvalue weighted by Crippen LogP contribution is -2.33. The molecule has 0 aromatic carbocycles. The van der Waals surface area contributed by atoms with E-state index in [1.165, 1.54) is 10.8 Å². The maximum Gasteiger partial charge on any atom is 0.402 e. The highest BCUT2D eigenvalue weighted by Crippen LogP contribution is 2.15. The van der Waals surface area contributed by atoms with Gasteiger partial charge < -0.3 is 5.32 Å². The van der Waals surface area contributed by atoms with Crippen LogP contribution >= 0.6 is 0 Å². The predicted molar refractivity (Wildman–Crippen MR) is 55.0 cm³/mol. The second kappa shape index (κ2) is 4.88. The number of hydrogen-bond acceptors (Lipinski definition) is 4. The van der Waals surface area contributed by atoms with Gasteiger partial charge in [-0.1, -0.05) is 0 Å². The van der Waals surface area contributed by atoms with Gasteiger partial charge in [0.25, 0.3) is 0 Å². The quantitative estimate of drug-likeness (QED) is 0.854. The molecule has 17 heavy (non-hydrogen) atoms. The van der Waals surface area contributed by atoms with Gasteiger partial charge in [-0.25, -0.2) is 18.1 Å². The van der Waals surface area contributed by atoms with Gasteiger partial charge in [0, 0.05) is 13.2 Å². The molecular weight excluding hydrogens is 259 g/mol. The molecule has 0 amide bonds. The molecule has 1 aromatic rings. The lowest BCUT2D eigenvalue weighted by molar-refractivity contribution is -0.121. The Morgan fingerprint density at radius 2 is 2.00 bits per heavy atom. The first-order valence-electron chi connectivity index (χ1n) is 4.45. The number of alkyl halides is 3. The summed E-state index contributed by atoms with van der Waals surface area (Å²) >= 11 is 0. The van der Waals surface area contributed by atoms with Crippen LogP contribution in [0.2, 0.25) is 0 Å². The number of nitrogens with zero attached hydrogens (tertiary/aromatic N) is 1. The fourth-order valence-corrected chi connectivity index (χ4v) is 1.91. The number of halogens is 3. The summed E-state index contributed by atoms with van der Waals surface area (Å²) in [6.45, 7) is -1.61. The third kappa shape index (κ3) is 4.19. The van der Waals surface area contributed by atoms with Crippen LogP contribution in [-0.2, 0) is 10.0 Å². The fourth-order valence-electron chi connectivity index (χ4n) is 0.947. The number of rotatable bonds is 4. The van der Waals surface area contributed by atoms with Gasteiger partial charge in [0.15, 0.2) is 0 Å². The largest absolute Gasteiger partial charge is 0.402 e. The first-order chi connectivity index (χ1) is 7.74. The molecule has 1 rings (SSSR count). The second-order valence-corrected chi connectivity index (χ2v) is 4.84.